The number of benzene rings is 2. The van der Waals surface area contributed by atoms with Crippen molar-refractivity contribution in [2.75, 3.05) is 5.32 Å². The van der Waals surface area contributed by atoms with Crippen LogP contribution in [0.25, 0.3) is 11.5 Å². The predicted octanol–water partition coefficient (Wildman–Crippen LogP) is 4.66. The summed E-state index contributed by atoms with van der Waals surface area (Å²) < 4.78 is 5.60. The summed E-state index contributed by atoms with van der Waals surface area (Å²) >= 11 is 11.8. The molecule has 0 saturated carbocycles. The molecule has 6 heteroatoms. The minimum atomic E-state index is 0.440. The zero-order valence-corrected chi connectivity index (χ0v) is 12.4. The number of rotatable bonds is 4. The summed E-state index contributed by atoms with van der Waals surface area (Å²) in [4.78, 5) is 0. The second-order valence-electron chi connectivity index (χ2n) is 4.37. The highest BCUT2D eigenvalue weighted by molar-refractivity contribution is 6.31. The van der Waals surface area contributed by atoms with Crippen molar-refractivity contribution in [1.29, 1.82) is 0 Å². The summed E-state index contributed by atoms with van der Waals surface area (Å²) in [7, 11) is 0. The second-order valence-corrected chi connectivity index (χ2v) is 5.24. The van der Waals surface area contributed by atoms with Crippen molar-refractivity contribution in [1.82, 2.24) is 10.2 Å². The fourth-order valence-corrected chi connectivity index (χ4v) is 2.12. The number of hydrogen-bond donors (Lipinski definition) is 1. The van der Waals surface area contributed by atoms with Crippen LogP contribution in [0.5, 0.6) is 0 Å². The Bertz CT molecular complexity index is 741. The van der Waals surface area contributed by atoms with E-state index >= 15 is 0 Å². The number of nitrogens with one attached hydrogen (secondary N) is 1. The molecule has 3 aromatic rings. The van der Waals surface area contributed by atoms with Gasteiger partial charge in [-0.1, -0.05) is 29.3 Å². The Morgan fingerprint density at radius 3 is 2.52 bits per heavy atom. The largest absolute Gasteiger partial charge is 0.419 e. The Kier molecular flexibility index (Phi) is 4.08. The molecule has 0 bridgehead atoms. The van der Waals surface area contributed by atoms with Gasteiger partial charge < -0.3 is 9.73 Å². The van der Waals surface area contributed by atoms with E-state index in [9.17, 15) is 0 Å². The molecule has 0 fully saturated rings. The lowest BCUT2D eigenvalue weighted by atomic mass is 10.2. The first-order valence-corrected chi connectivity index (χ1v) is 7.04. The molecule has 0 unspecified atom stereocenters. The monoisotopic (exact) mass is 319 g/mol. The van der Waals surface area contributed by atoms with Crippen molar-refractivity contribution < 1.29 is 4.42 Å². The molecule has 2 aromatic carbocycles. The number of nitrogens with zero attached hydrogens (tertiary/aromatic N) is 2. The van der Waals surface area contributed by atoms with E-state index in [0.717, 1.165) is 11.3 Å². The van der Waals surface area contributed by atoms with Crippen LogP contribution in [-0.2, 0) is 6.54 Å². The molecular weight excluding hydrogens is 309 g/mol. The quantitative estimate of drug-likeness (QED) is 0.760. The van der Waals surface area contributed by atoms with Crippen LogP contribution in [0, 0.1) is 0 Å². The van der Waals surface area contributed by atoms with Gasteiger partial charge in [0.1, 0.15) is 0 Å². The van der Waals surface area contributed by atoms with E-state index in [1.54, 1.807) is 12.1 Å². The van der Waals surface area contributed by atoms with Gasteiger partial charge in [-0.25, -0.2) is 0 Å². The molecule has 1 heterocycles. The van der Waals surface area contributed by atoms with E-state index in [1.807, 2.05) is 36.4 Å². The van der Waals surface area contributed by atoms with Gasteiger partial charge in [-0.3, -0.25) is 0 Å². The molecule has 0 radical (unpaired) electrons. The van der Waals surface area contributed by atoms with Gasteiger partial charge in [0, 0.05) is 21.3 Å². The summed E-state index contributed by atoms with van der Waals surface area (Å²) in [6.45, 7) is 0.440. The van der Waals surface area contributed by atoms with E-state index in [2.05, 4.69) is 15.5 Å². The van der Waals surface area contributed by atoms with Gasteiger partial charge in [-0.2, -0.15) is 0 Å². The smallest absolute Gasteiger partial charge is 0.247 e. The molecule has 0 aliphatic carbocycles. The Morgan fingerprint density at radius 1 is 0.952 bits per heavy atom. The van der Waals surface area contributed by atoms with Crippen LogP contribution >= 0.6 is 23.2 Å². The maximum Gasteiger partial charge on any atom is 0.247 e. The number of hydrogen-bond acceptors (Lipinski definition) is 4. The van der Waals surface area contributed by atoms with E-state index in [1.165, 1.54) is 0 Å². The minimum absolute atomic E-state index is 0.440. The van der Waals surface area contributed by atoms with Crippen LogP contribution in [0.15, 0.2) is 52.9 Å². The lowest BCUT2D eigenvalue weighted by molar-refractivity contribution is 0.515. The van der Waals surface area contributed by atoms with Gasteiger partial charge in [0.05, 0.1) is 6.54 Å². The van der Waals surface area contributed by atoms with Gasteiger partial charge in [-0.15, -0.1) is 10.2 Å². The third kappa shape index (κ3) is 3.54. The van der Waals surface area contributed by atoms with Crippen LogP contribution in [0.3, 0.4) is 0 Å². The van der Waals surface area contributed by atoms with Crippen molar-refractivity contribution in [3.63, 3.8) is 0 Å². The van der Waals surface area contributed by atoms with Gasteiger partial charge in [0.25, 0.3) is 0 Å². The lowest BCUT2D eigenvalue weighted by Gasteiger charge is -2.02. The standard InChI is InChI=1S/C15H11Cl2N3O/c16-11-4-6-13(7-5-11)18-9-14-19-20-15(21-14)10-2-1-3-12(17)8-10/h1-8,18H,9H2. The van der Waals surface area contributed by atoms with Crippen molar-refractivity contribution in [3.8, 4) is 11.5 Å². The Hall–Kier alpha value is -2.04. The summed E-state index contributed by atoms with van der Waals surface area (Å²) in [5.74, 6) is 0.949. The summed E-state index contributed by atoms with van der Waals surface area (Å²) in [5, 5.41) is 12.5. The normalized spacial score (nSPS) is 10.6. The minimum Gasteiger partial charge on any atom is -0.419 e. The molecular formula is C15H11Cl2N3O. The number of halogens is 2. The highest BCUT2D eigenvalue weighted by atomic mass is 35.5. The summed E-state index contributed by atoms with van der Waals surface area (Å²) in [5.41, 5.74) is 1.73. The van der Waals surface area contributed by atoms with E-state index in [-0.39, 0.29) is 0 Å². The van der Waals surface area contributed by atoms with E-state index < -0.39 is 0 Å². The third-order valence-corrected chi connectivity index (χ3v) is 3.31. The topological polar surface area (TPSA) is 51.0 Å². The molecule has 0 spiro atoms. The molecule has 21 heavy (non-hydrogen) atoms. The van der Waals surface area contributed by atoms with E-state index in [4.69, 9.17) is 27.6 Å². The first-order valence-electron chi connectivity index (χ1n) is 6.28. The average molecular weight is 320 g/mol. The summed E-state index contributed by atoms with van der Waals surface area (Å²) in [6, 6.07) is 14.7. The van der Waals surface area contributed by atoms with Gasteiger partial charge >= 0.3 is 0 Å². The van der Waals surface area contributed by atoms with Crippen LogP contribution < -0.4 is 5.32 Å². The molecule has 0 saturated heterocycles. The van der Waals surface area contributed by atoms with Crippen molar-refractivity contribution in [2.45, 2.75) is 6.54 Å². The Morgan fingerprint density at radius 2 is 1.76 bits per heavy atom. The highest BCUT2D eigenvalue weighted by Gasteiger charge is 2.08. The van der Waals surface area contributed by atoms with Crippen LogP contribution in [0.2, 0.25) is 10.0 Å². The molecule has 1 N–H and O–H groups in total. The Balaban J connectivity index is 1.69. The Labute approximate surface area is 131 Å². The number of anilines is 1. The maximum atomic E-state index is 5.94. The zero-order chi connectivity index (χ0) is 14.7. The molecule has 1 aromatic heterocycles. The SMILES string of the molecule is Clc1ccc(NCc2nnc(-c3cccc(Cl)c3)o2)cc1. The predicted molar refractivity (Wildman–Crippen MR) is 83.5 cm³/mol. The van der Waals surface area contributed by atoms with Crippen LogP contribution in [0.1, 0.15) is 5.89 Å². The molecule has 0 atom stereocenters. The fraction of sp³-hybridized carbons (Fsp3) is 0.0667. The summed E-state index contributed by atoms with van der Waals surface area (Å²) in [6.07, 6.45) is 0. The van der Waals surface area contributed by atoms with Gasteiger partial charge in [0.15, 0.2) is 0 Å². The van der Waals surface area contributed by atoms with Crippen molar-refractivity contribution >= 4 is 28.9 Å². The first-order chi connectivity index (χ1) is 10.2. The molecule has 0 aliphatic rings. The highest BCUT2D eigenvalue weighted by Crippen LogP contribution is 2.21. The van der Waals surface area contributed by atoms with Crippen LogP contribution in [-0.4, -0.2) is 10.2 Å². The third-order valence-electron chi connectivity index (χ3n) is 2.83. The molecule has 106 valence electrons. The van der Waals surface area contributed by atoms with Crippen molar-refractivity contribution in [3.05, 3.63) is 64.5 Å². The van der Waals surface area contributed by atoms with Gasteiger partial charge in [-0.05, 0) is 42.5 Å². The second kappa shape index (κ2) is 6.16. The number of aromatic nitrogens is 2. The first kappa shape index (κ1) is 13.9. The molecule has 0 aliphatic heterocycles. The van der Waals surface area contributed by atoms with Crippen molar-refractivity contribution in [2.24, 2.45) is 0 Å². The van der Waals surface area contributed by atoms with Gasteiger partial charge in [0.2, 0.25) is 11.8 Å². The zero-order valence-electron chi connectivity index (χ0n) is 10.9. The van der Waals surface area contributed by atoms with Crippen LogP contribution in [0.4, 0.5) is 5.69 Å². The average Bonchev–Trinajstić information content (AvgIpc) is 2.96. The fourth-order valence-electron chi connectivity index (χ4n) is 1.81. The van der Waals surface area contributed by atoms with E-state index in [0.29, 0.717) is 28.4 Å². The molecule has 3 rings (SSSR count). The molecule has 4 nitrogen and oxygen atoms in total. The molecule has 0 amide bonds. The lowest BCUT2D eigenvalue weighted by Crippen LogP contribution is -1.99. The maximum absolute atomic E-state index is 5.94.